The van der Waals surface area contributed by atoms with Crippen LogP contribution in [0.3, 0.4) is 0 Å². The highest BCUT2D eigenvalue weighted by molar-refractivity contribution is 5.92. The van der Waals surface area contributed by atoms with Gasteiger partial charge in [0.1, 0.15) is 5.82 Å². The van der Waals surface area contributed by atoms with Gasteiger partial charge in [-0.3, -0.25) is 19.4 Å². The normalized spacial score (nSPS) is 15.1. The van der Waals surface area contributed by atoms with E-state index in [4.69, 9.17) is 0 Å². The molecule has 0 saturated carbocycles. The highest BCUT2D eigenvalue weighted by Crippen LogP contribution is 2.13. The Morgan fingerprint density at radius 1 is 0.724 bits per heavy atom. The van der Waals surface area contributed by atoms with Crippen LogP contribution >= 0.6 is 0 Å². The number of benzene rings is 2. The minimum absolute atomic E-state index is 0.120. The highest BCUT2D eigenvalue weighted by atomic mass is 19.2. The Morgan fingerprint density at radius 3 is 1.72 bits per heavy atom. The van der Waals surface area contributed by atoms with Gasteiger partial charge < -0.3 is 10.6 Å². The average Bonchev–Trinajstić information content (AvgIpc) is 2.68. The number of anilines is 2. The summed E-state index contributed by atoms with van der Waals surface area (Å²) in [4.78, 5) is 28.1. The first-order chi connectivity index (χ1) is 13.9. The number of amides is 2. The number of hydrogen-bond acceptors (Lipinski definition) is 4. The van der Waals surface area contributed by atoms with Crippen LogP contribution in [-0.4, -0.2) is 60.9 Å². The van der Waals surface area contributed by atoms with Crippen LogP contribution in [0.15, 0.2) is 42.5 Å². The molecular formula is C20H21F3N4O2. The van der Waals surface area contributed by atoms with Crippen molar-refractivity contribution in [1.82, 2.24) is 9.80 Å². The quantitative estimate of drug-likeness (QED) is 0.773. The lowest BCUT2D eigenvalue weighted by Gasteiger charge is -2.33. The van der Waals surface area contributed by atoms with Gasteiger partial charge in [-0.2, -0.15) is 0 Å². The third kappa shape index (κ3) is 6.30. The lowest BCUT2D eigenvalue weighted by atomic mass is 10.2. The molecule has 2 aromatic carbocycles. The van der Waals surface area contributed by atoms with Crippen LogP contribution in [0.5, 0.6) is 0 Å². The van der Waals surface area contributed by atoms with Crippen LogP contribution in [0.1, 0.15) is 0 Å². The maximum atomic E-state index is 13.2. The van der Waals surface area contributed by atoms with Crippen molar-refractivity contribution in [3.05, 3.63) is 59.9 Å². The number of carbonyl (C=O) groups is 2. The topological polar surface area (TPSA) is 64.7 Å². The molecule has 1 heterocycles. The van der Waals surface area contributed by atoms with Crippen LogP contribution < -0.4 is 10.6 Å². The van der Waals surface area contributed by atoms with Gasteiger partial charge in [0, 0.05) is 43.6 Å². The van der Waals surface area contributed by atoms with Gasteiger partial charge in [0.25, 0.3) is 0 Å². The standard InChI is InChI=1S/C20H21F3N4O2/c21-14-1-3-15(4-2-14)24-19(28)12-26-7-9-27(10-8-26)13-20(29)25-16-5-6-17(22)18(23)11-16/h1-6,11H,7-10,12-13H2,(H,24,28)(H,25,29). The fourth-order valence-electron chi connectivity index (χ4n) is 3.02. The highest BCUT2D eigenvalue weighted by Gasteiger charge is 2.21. The van der Waals surface area contributed by atoms with E-state index in [1.165, 1.54) is 30.3 Å². The average molecular weight is 406 g/mol. The number of piperazine rings is 1. The summed E-state index contributed by atoms with van der Waals surface area (Å²) in [5.74, 6) is -2.87. The van der Waals surface area contributed by atoms with E-state index < -0.39 is 11.6 Å². The Kier molecular flexibility index (Phi) is 6.84. The summed E-state index contributed by atoms with van der Waals surface area (Å²) in [6, 6.07) is 8.74. The minimum Gasteiger partial charge on any atom is -0.325 e. The van der Waals surface area contributed by atoms with Crippen LogP contribution in [-0.2, 0) is 9.59 Å². The lowest BCUT2D eigenvalue weighted by Crippen LogP contribution is -2.50. The van der Waals surface area contributed by atoms with Crippen molar-refractivity contribution in [2.24, 2.45) is 0 Å². The summed E-state index contributed by atoms with van der Waals surface area (Å²) in [6.45, 7) is 2.72. The van der Waals surface area contributed by atoms with E-state index in [9.17, 15) is 22.8 Å². The molecule has 0 radical (unpaired) electrons. The largest absolute Gasteiger partial charge is 0.325 e. The molecule has 1 aliphatic heterocycles. The Hall–Kier alpha value is -2.91. The van der Waals surface area contributed by atoms with Crippen LogP contribution in [0.2, 0.25) is 0 Å². The Bertz CT molecular complexity index is 869. The first-order valence-electron chi connectivity index (χ1n) is 9.14. The summed E-state index contributed by atoms with van der Waals surface area (Å²) < 4.78 is 39.0. The molecule has 0 unspecified atom stereocenters. The molecule has 0 bridgehead atoms. The van der Waals surface area contributed by atoms with E-state index in [2.05, 4.69) is 10.6 Å². The zero-order chi connectivity index (χ0) is 20.8. The molecule has 9 heteroatoms. The van der Waals surface area contributed by atoms with Gasteiger partial charge in [0.2, 0.25) is 11.8 Å². The molecule has 3 rings (SSSR count). The van der Waals surface area contributed by atoms with E-state index >= 15 is 0 Å². The SMILES string of the molecule is O=C(CN1CCN(CC(=O)Nc2ccc(F)c(F)c2)CC1)Nc1ccc(F)cc1. The number of rotatable bonds is 6. The van der Waals surface area contributed by atoms with Crippen molar-refractivity contribution in [3.63, 3.8) is 0 Å². The second kappa shape index (κ2) is 9.53. The van der Waals surface area contributed by atoms with Gasteiger partial charge >= 0.3 is 0 Å². The molecule has 1 saturated heterocycles. The van der Waals surface area contributed by atoms with Crippen LogP contribution in [0.4, 0.5) is 24.5 Å². The summed E-state index contributed by atoms with van der Waals surface area (Å²) in [6.07, 6.45) is 0. The van der Waals surface area contributed by atoms with Crippen molar-refractivity contribution >= 4 is 23.2 Å². The van der Waals surface area contributed by atoms with E-state index in [0.29, 0.717) is 31.9 Å². The maximum absolute atomic E-state index is 13.2. The molecular weight excluding hydrogens is 385 g/mol. The zero-order valence-corrected chi connectivity index (χ0v) is 15.6. The molecule has 1 fully saturated rings. The molecule has 6 nitrogen and oxygen atoms in total. The fraction of sp³-hybridized carbons (Fsp3) is 0.300. The van der Waals surface area contributed by atoms with Crippen molar-refractivity contribution in [1.29, 1.82) is 0 Å². The molecule has 2 amide bonds. The summed E-state index contributed by atoms with van der Waals surface area (Å²) >= 11 is 0. The number of nitrogens with one attached hydrogen (secondary N) is 2. The second-order valence-corrected chi connectivity index (χ2v) is 6.78. The molecule has 0 atom stereocenters. The van der Waals surface area contributed by atoms with Crippen LogP contribution in [0, 0.1) is 17.5 Å². The number of hydrogen-bond donors (Lipinski definition) is 2. The van der Waals surface area contributed by atoms with Gasteiger partial charge in [-0.15, -0.1) is 0 Å². The van der Waals surface area contributed by atoms with Gasteiger partial charge in [-0.25, -0.2) is 13.2 Å². The third-order valence-electron chi connectivity index (χ3n) is 4.53. The number of nitrogens with zero attached hydrogens (tertiary/aromatic N) is 2. The van der Waals surface area contributed by atoms with E-state index in [0.717, 1.165) is 12.1 Å². The zero-order valence-electron chi connectivity index (χ0n) is 15.6. The first-order valence-corrected chi connectivity index (χ1v) is 9.14. The smallest absolute Gasteiger partial charge is 0.238 e. The summed E-state index contributed by atoms with van der Waals surface area (Å²) in [7, 11) is 0. The van der Waals surface area contributed by atoms with Crippen molar-refractivity contribution in [2.75, 3.05) is 49.9 Å². The molecule has 2 N–H and O–H groups in total. The predicted octanol–water partition coefficient (Wildman–Crippen LogP) is 2.30. The summed E-state index contributed by atoms with van der Waals surface area (Å²) in [5, 5.41) is 5.25. The lowest BCUT2D eigenvalue weighted by molar-refractivity contribution is -0.120. The van der Waals surface area contributed by atoms with Crippen molar-refractivity contribution in [3.8, 4) is 0 Å². The molecule has 154 valence electrons. The Balaban J connectivity index is 1.39. The number of carbonyl (C=O) groups excluding carboxylic acids is 2. The van der Waals surface area contributed by atoms with Gasteiger partial charge in [0.15, 0.2) is 11.6 Å². The van der Waals surface area contributed by atoms with Crippen molar-refractivity contribution in [2.45, 2.75) is 0 Å². The third-order valence-corrected chi connectivity index (χ3v) is 4.53. The van der Waals surface area contributed by atoms with E-state index in [1.54, 1.807) is 0 Å². The van der Waals surface area contributed by atoms with Gasteiger partial charge in [-0.1, -0.05) is 0 Å². The van der Waals surface area contributed by atoms with Crippen LogP contribution in [0.25, 0.3) is 0 Å². The molecule has 0 aliphatic carbocycles. The molecule has 0 spiro atoms. The van der Waals surface area contributed by atoms with Gasteiger partial charge in [-0.05, 0) is 36.4 Å². The van der Waals surface area contributed by atoms with Gasteiger partial charge in [0.05, 0.1) is 13.1 Å². The Morgan fingerprint density at radius 2 is 1.21 bits per heavy atom. The first kappa shape index (κ1) is 20.8. The molecule has 29 heavy (non-hydrogen) atoms. The molecule has 0 aromatic heterocycles. The maximum Gasteiger partial charge on any atom is 0.238 e. The fourth-order valence-corrected chi connectivity index (χ4v) is 3.02. The minimum atomic E-state index is -1.02. The van der Waals surface area contributed by atoms with E-state index in [-0.39, 0.29) is 36.4 Å². The molecule has 2 aromatic rings. The predicted molar refractivity (Wildman–Crippen MR) is 103 cm³/mol. The second-order valence-electron chi connectivity index (χ2n) is 6.78. The number of halogens is 3. The monoisotopic (exact) mass is 406 g/mol. The van der Waals surface area contributed by atoms with Crippen molar-refractivity contribution < 1.29 is 22.8 Å². The molecule has 1 aliphatic rings. The Labute approximate surface area is 166 Å². The summed E-state index contributed by atoms with van der Waals surface area (Å²) in [5.41, 5.74) is 0.730. The van der Waals surface area contributed by atoms with E-state index in [1.807, 2.05) is 9.80 Å².